The van der Waals surface area contributed by atoms with Gasteiger partial charge in [-0.05, 0) is 13.3 Å². The van der Waals surface area contributed by atoms with E-state index in [9.17, 15) is 19.2 Å². The first-order chi connectivity index (χ1) is 25.5. The third-order valence-electron chi connectivity index (χ3n) is 7.90. The number of unbranched alkanes of at least 4 members (excludes halogenated alkanes) is 14. The second-order valence-corrected chi connectivity index (χ2v) is 12.7. The van der Waals surface area contributed by atoms with E-state index in [0.29, 0.717) is 72.2 Å². The van der Waals surface area contributed by atoms with Gasteiger partial charge in [0.25, 0.3) is 0 Å². The maximum absolute atomic E-state index is 12.0. The van der Waals surface area contributed by atoms with E-state index in [4.69, 9.17) is 28.4 Å². The summed E-state index contributed by atoms with van der Waals surface area (Å²) in [5, 5.41) is 10.9. The Morgan fingerprint density at radius 1 is 0.346 bits per heavy atom. The van der Waals surface area contributed by atoms with Crippen LogP contribution >= 0.6 is 0 Å². The molecular formula is C38H74N4O10. The molecule has 0 saturated heterocycles. The predicted octanol–water partition coefficient (Wildman–Crippen LogP) is 3.83. The number of rotatable bonds is 41. The topological polar surface area (TPSA) is 172 Å². The van der Waals surface area contributed by atoms with Gasteiger partial charge >= 0.3 is 0 Å². The number of carbonyl (C=O) groups excluding carboxylic acids is 4. The minimum absolute atomic E-state index is 0.000277. The van der Waals surface area contributed by atoms with Gasteiger partial charge in [-0.3, -0.25) is 19.2 Å². The second kappa shape index (κ2) is 41.4. The Morgan fingerprint density at radius 3 is 1.02 bits per heavy atom. The van der Waals surface area contributed by atoms with Crippen molar-refractivity contribution in [2.75, 3.05) is 105 Å². The number of likely N-dealkylation sites (N-methyl/N-ethyl adjacent to an activating group) is 1. The van der Waals surface area contributed by atoms with Crippen LogP contribution in [-0.2, 0) is 47.6 Å². The van der Waals surface area contributed by atoms with E-state index < -0.39 is 0 Å². The zero-order valence-corrected chi connectivity index (χ0v) is 32.7. The zero-order valence-electron chi connectivity index (χ0n) is 32.7. The number of nitrogens with one attached hydrogen (secondary N) is 4. The molecule has 0 aromatic heterocycles. The average molecular weight is 747 g/mol. The largest absolute Gasteiger partial charge is 0.377 e. The molecule has 0 aromatic carbocycles. The lowest BCUT2D eigenvalue weighted by Gasteiger charge is -2.09. The standard InChI is InChI=1S/C38H74N4O10/c1-3-5-6-7-8-9-10-11-12-13-14-15-16-17-18-19-35(43)40-20-23-47-27-30-51-33-37(45)42-22-25-49-28-31-52-34-38(46)41-21-24-48-26-29-50-32-36(44)39-4-2/h3-34H2,1-2H3,(H,39,44)(H,40,43)(H,41,46)(H,42,45). The first kappa shape index (κ1) is 49.6. The summed E-state index contributed by atoms with van der Waals surface area (Å²) in [6.45, 7) is 8.44. The van der Waals surface area contributed by atoms with Crippen molar-refractivity contribution in [1.29, 1.82) is 0 Å². The van der Waals surface area contributed by atoms with Crippen molar-refractivity contribution in [1.82, 2.24) is 21.3 Å². The number of hydrogen-bond acceptors (Lipinski definition) is 10. The summed E-state index contributed by atoms with van der Waals surface area (Å²) in [6.07, 6.45) is 20.2. The van der Waals surface area contributed by atoms with Gasteiger partial charge in [0.2, 0.25) is 23.6 Å². The van der Waals surface area contributed by atoms with Crippen LogP contribution in [0, 0.1) is 0 Å². The highest BCUT2D eigenvalue weighted by Crippen LogP contribution is 2.13. The van der Waals surface area contributed by atoms with Gasteiger partial charge in [0.05, 0.1) is 59.5 Å². The van der Waals surface area contributed by atoms with Gasteiger partial charge in [0, 0.05) is 32.6 Å². The highest BCUT2D eigenvalue weighted by atomic mass is 16.5. The fourth-order valence-electron chi connectivity index (χ4n) is 5.04. The summed E-state index contributed by atoms with van der Waals surface area (Å²) in [5.41, 5.74) is 0. The molecule has 306 valence electrons. The van der Waals surface area contributed by atoms with Gasteiger partial charge in [0.1, 0.15) is 19.8 Å². The molecule has 4 N–H and O–H groups in total. The van der Waals surface area contributed by atoms with E-state index in [1.165, 1.54) is 83.5 Å². The highest BCUT2D eigenvalue weighted by molar-refractivity contribution is 5.77. The molecule has 0 heterocycles. The zero-order chi connectivity index (χ0) is 38.0. The lowest BCUT2D eigenvalue weighted by atomic mass is 10.0. The summed E-state index contributed by atoms with van der Waals surface area (Å²) < 4.78 is 31.9. The van der Waals surface area contributed by atoms with Crippen LogP contribution in [0.5, 0.6) is 0 Å². The van der Waals surface area contributed by atoms with E-state index in [1.807, 2.05) is 6.92 Å². The Hall–Kier alpha value is -2.36. The van der Waals surface area contributed by atoms with Crippen LogP contribution < -0.4 is 21.3 Å². The number of carbonyl (C=O) groups is 4. The van der Waals surface area contributed by atoms with Crippen molar-refractivity contribution in [2.24, 2.45) is 0 Å². The molecule has 0 aliphatic rings. The number of ether oxygens (including phenoxy) is 6. The van der Waals surface area contributed by atoms with Crippen molar-refractivity contribution < 1.29 is 47.6 Å². The SMILES string of the molecule is CCCCCCCCCCCCCCCCCC(=O)NCCOCCOCC(=O)NCCOCCOCC(=O)NCCOCCOCC(=O)NCC. The second-order valence-electron chi connectivity index (χ2n) is 12.7. The molecule has 0 unspecified atom stereocenters. The van der Waals surface area contributed by atoms with E-state index in [-0.39, 0.29) is 63.3 Å². The van der Waals surface area contributed by atoms with Crippen LogP contribution in [0.4, 0.5) is 0 Å². The van der Waals surface area contributed by atoms with Crippen molar-refractivity contribution in [2.45, 2.75) is 117 Å². The quantitative estimate of drug-likeness (QED) is 0.0675. The van der Waals surface area contributed by atoms with Crippen LogP contribution in [0.1, 0.15) is 117 Å². The Bertz CT molecular complexity index is 838. The molecule has 0 rings (SSSR count). The van der Waals surface area contributed by atoms with E-state index in [2.05, 4.69) is 28.2 Å². The maximum atomic E-state index is 12.0. The van der Waals surface area contributed by atoms with Gasteiger partial charge < -0.3 is 49.7 Å². The van der Waals surface area contributed by atoms with Gasteiger partial charge in [-0.2, -0.15) is 0 Å². The minimum atomic E-state index is -0.263. The third-order valence-corrected chi connectivity index (χ3v) is 7.90. The summed E-state index contributed by atoms with van der Waals surface area (Å²) >= 11 is 0. The third kappa shape index (κ3) is 40.4. The van der Waals surface area contributed by atoms with E-state index >= 15 is 0 Å². The number of amides is 4. The molecule has 0 bridgehead atoms. The molecule has 0 aromatic rings. The minimum Gasteiger partial charge on any atom is -0.377 e. The Morgan fingerprint density at radius 2 is 0.654 bits per heavy atom. The van der Waals surface area contributed by atoms with Crippen LogP contribution in [0.15, 0.2) is 0 Å². The smallest absolute Gasteiger partial charge is 0.246 e. The average Bonchev–Trinajstić information content (AvgIpc) is 3.13. The molecule has 0 saturated carbocycles. The summed E-state index contributed by atoms with van der Waals surface area (Å²) in [4.78, 5) is 46.8. The molecule has 14 heteroatoms. The Kier molecular flexibility index (Phi) is 39.5. The monoisotopic (exact) mass is 747 g/mol. The maximum Gasteiger partial charge on any atom is 0.246 e. The molecule has 0 aliphatic carbocycles. The van der Waals surface area contributed by atoms with Crippen molar-refractivity contribution in [3.63, 3.8) is 0 Å². The Labute approximate surface area is 314 Å². The van der Waals surface area contributed by atoms with Crippen molar-refractivity contribution >= 4 is 23.6 Å². The lowest BCUT2D eigenvalue weighted by Crippen LogP contribution is -2.32. The first-order valence-corrected chi connectivity index (χ1v) is 20.0. The molecule has 0 atom stereocenters. The summed E-state index contributed by atoms with van der Waals surface area (Å²) in [6, 6.07) is 0. The molecule has 4 amide bonds. The first-order valence-electron chi connectivity index (χ1n) is 20.0. The molecular weight excluding hydrogens is 672 g/mol. The molecule has 52 heavy (non-hydrogen) atoms. The molecule has 14 nitrogen and oxygen atoms in total. The van der Waals surface area contributed by atoms with Crippen LogP contribution in [-0.4, -0.2) is 129 Å². The van der Waals surface area contributed by atoms with Gasteiger partial charge in [-0.1, -0.05) is 96.8 Å². The fourth-order valence-corrected chi connectivity index (χ4v) is 5.04. The van der Waals surface area contributed by atoms with Crippen LogP contribution in [0.2, 0.25) is 0 Å². The highest BCUT2D eigenvalue weighted by Gasteiger charge is 2.04. The van der Waals surface area contributed by atoms with Crippen molar-refractivity contribution in [3.05, 3.63) is 0 Å². The molecule has 0 radical (unpaired) electrons. The van der Waals surface area contributed by atoms with E-state index in [1.54, 1.807) is 0 Å². The number of hydrogen-bond donors (Lipinski definition) is 4. The summed E-state index contributed by atoms with van der Waals surface area (Å²) in [7, 11) is 0. The van der Waals surface area contributed by atoms with Gasteiger partial charge in [-0.25, -0.2) is 0 Å². The van der Waals surface area contributed by atoms with E-state index in [0.717, 1.165) is 12.8 Å². The molecule has 0 spiro atoms. The Balaban J connectivity index is 3.32. The van der Waals surface area contributed by atoms with Gasteiger partial charge in [0.15, 0.2) is 0 Å². The van der Waals surface area contributed by atoms with Crippen LogP contribution in [0.3, 0.4) is 0 Å². The fraction of sp³-hybridized carbons (Fsp3) is 0.895. The van der Waals surface area contributed by atoms with Crippen molar-refractivity contribution in [3.8, 4) is 0 Å². The lowest BCUT2D eigenvalue weighted by molar-refractivity contribution is -0.127. The molecule has 0 aliphatic heterocycles. The summed E-state index contributed by atoms with van der Waals surface area (Å²) in [5.74, 6) is -0.611. The van der Waals surface area contributed by atoms with Gasteiger partial charge in [-0.15, -0.1) is 0 Å². The predicted molar refractivity (Wildman–Crippen MR) is 202 cm³/mol. The van der Waals surface area contributed by atoms with Crippen LogP contribution in [0.25, 0.3) is 0 Å². The molecule has 0 fully saturated rings. The normalized spacial score (nSPS) is 11.0.